The van der Waals surface area contributed by atoms with Gasteiger partial charge in [-0.15, -0.1) is 0 Å². The van der Waals surface area contributed by atoms with Gasteiger partial charge in [0.1, 0.15) is 36.6 Å². The molecule has 8 nitrogen and oxygen atoms in total. The van der Waals surface area contributed by atoms with Gasteiger partial charge in [-0.05, 0) is 49.1 Å². The van der Waals surface area contributed by atoms with E-state index in [0.29, 0.717) is 26.1 Å². The van der Waals surface area contributed by atoms with Crippen molar-refractivity contribution < 1.29 is 37.6 Å². The maximum absolute atomic E-state index is 11.3. The van der Waals surface area contributed by atoms with Crippen LogP contribution in [0.2, 0.25) is 36.3 Å². The molecule has 0 bridgehead atoms. The average molecular weight is 651 g/mol. The summed E-state index contributed by atoms with van der Waals surface area (Å²) in [7, 11) is -4.13. The molecule has 0 spiro atoms. The van der Waals surface area contributed by atoms with Crippen LogP contribution in [0.4, 0.5) is 0 Å². The molecule has 11 atom stereocenters. The number of hydrogen-bond acceptors (Lipinski definition) is 8. The molecule has 0 radical (unpaired) electrons. The zero-order valence-corrected chi connectivity index (χ0v) is 30.7. The van der Waals surface area contributed by atoms with E-state index in [2.05, 4.69) is 98.1 Å². The molecular weight excluding hydrogens is 593 g/mol. The molecule has 10 heteroatoms. The van der Waals surface area contributed by atoms with Gasteiger partial charge in [0, 0.05) is 6.42 Å². The number of rotatable bonds is 5. The lowest BCUT2D eigenvalue weighted by Crippen LogP contribution is -2.63. The summed E-state index contributed by atoms with van der Waals surface area (Å²) in [5.41, 5.74) is 0. The van der Waals surface area contributed by atoms with E-state index in [1.807, 2.05) is 6.08 Å². The molecule has 2 saturated heterocycles. The van der Waals surface area contributed by atoms with Gasteiger partial charge >= 0.3 is 0 Å². The summed E-state index contributed by atoms with van der Waals surface area (Å²) < 4.78 is 46.5. The van der Waals surface area contributed by atoms with E-state index in [0.717, 1.165) is 6.42 Å². The number of fused-ring (bicyclic) bond motifs is 4. The highest BCUT2D eigenvalue weighted by Crippen LogP contribution is 2.42. The Morgan fingerprint density at radius 3 is 2.02 bits per heavy atom. The Balaban J connectivity index is 1.36. The van der Waals surface area contributed by atoms with E-state index in [9.17, 15) is 5.11 Å². The van der Waals surface area contributed by atoms with Crippen molar-refractivity contribution >= 4 is 16.6 Å². The Kier molecular flexibility index (Phi) is 10.3. The predicted octanol–water partition coefficient (Wildman–Crippen LogP) is 6.07. The minimum atomic E-state index is -2.10. The van der Waals surface area contributed by atoms with Crippen LogP contribution in [0, 0.1) is 0 Å². The van der Waals surface area contributed by atoms with Crippen molar-refractivity contribution in [3.63, 3.8) is 0 Å². The molecule has 0 amide bonds. The van der Waals surface area contributed by atoms with Gasteiger partial charge in [-0.2, -0.15) is 0 Å². The molecule has 44 heavy (non-hydrogen) atoms. The molecule has 250 valence electrons. The second kappa shape index (κ2) is 13.1. The van der Waals surface area contributed by atoms with E-state index in [1.165, 1.54) is 0 Å². The van der Waals surface area contributed by atoms with Gasteiger partial charge in [0.15, 0.2) is 16.6 Å². The summed E-state index contributed by atoms with van der Waals surface area (Å²) in [4.78, 5) is 0. The SMILES string of the molecule is CC(C)(C)[Si](C)(C)OC[C@H]1O[C@H]2C=C[C@H]3O[C@H]4[C@H](O)[C@H]5OCC=CC[C@@H]5O[C@@H]4C[C@@H]3O[C@@H]2C/C=C\[C@@H]1O[Si](C)(C)C(C)(C)C. The highest BCUT2D eigenvalue weighted by atomic mass is 28.4. The maximum atomic E-state index is 11.3. The van der Waals surface area contributed by atoms with E-state index < -0.39 is 34.9 Å². The monoisotopic (exact) mass is 650 g/mol. The van der Waals surface area contributed by atoms with Gasteiger partial charge in [0.05, 0.1) is 43.7 Å². The zero-order chi connectivity index (χ0) is 32.1. The zero-order valence-electron chi connectivity index (χ0n) is 28.7. The van der Waals surface area contributed by atoms with Crippen molar-refractivity contribution in [3.8, 4) is 0 Å². The van der Waals surface area contributed by atoms with Crippen LogP contribution in [0.25, 0.3) is 0 Å². The first-order valence-electron chi connectivity index (χ1n) is 16.7. The fourth-order valence-electron chi connectivity index (χ4n) is 6.15. The van der Waals surface area contributed by atoms with Gasteiger partial charge < -0.3 is 37.6 Å². The summed E-state index contributed by atoms with van der Waals surface area (Å²) >= 11 is 0. The molecule has 2 fully saturated rings. The van der Waals surface area contributed by atoms with Gasteiger partial charge in [-0.1, -0.05) is 78.0 Å². The van der Waals surface area contributed by atoms with Crippen LogP contribution in [0.3, 0.4) is 0 Å². The summed E-state index contributed by atoms with van der Waals surface area (Å²) in [6, 6.07) is 0. The Hall–Kier alpha value is -0.666. The van der Waals surface area contributed by atoms with Crippen molar-refractivity contribution in [2.45, 2.75) is 164 Å². The molecule has 0 aliphatic carbocycles. The minimum Gasteiger partial charge on any atom is -0.414 e. The first-order chi connectivity index (χ1) is 20.5. The van der Waals surface area contributed by atoms with Gasteiger partial charge in [0.25, 0.3) is 0 Å². The third-order valence-electron chi connectivity index (χ3n) is 11.1. The van der Waals surface area contributed by atoms with E-state index in [1.54, 1.807) is 0 Å². The van der Waals surface area contributed by atoms with Crippen molar-refractivity contribution in [2.75, 3.05) is 13.2 Å². The van der Waals surface area contributed by atoms with Crippen LogP contribution in [-0.4, -0.2) is 102 Å². The number of aliphatic hydroxyl groups excluding tert-OH is 1. The first kappa shape index (κ1) is 34.7. The molecular formula is C34H58O8Si2. The molecule has 5 aliphatic rings. The molecule has 0 saturated carbocycles. The van der Waals surface area contributed by atoms with Crippen LogP contribution in [0.1, 0.15) is 60.8 Å². The fourth-order valence-corrected chi connectivity index (χ4v) is 8.43. The Morgan fingerprint density at radius 2 is 1.34 bits per heavy atom. The van der Waals surface area contributed by atoms with Crippen LogP contribution >= 0.6 is 0 Å². The number of hydrogen-bond donors (Lipinski definition) is 1. The lowest BCUT2D eigenvalue weighted by atomic mass is 9.87. The third kappa shape index (κ3) is 7.40. The minimum absolute atomic E-state index is 0.0658. The largest absolute Gasteiger partial charge is 0.414 e. The Bertz CT molecular complexity index is 1080. The van der Waals surface area contributed by atoms with Crippen LogP contribution in [0.5, 0.6) is 0 Å². The van der Waals surface area contributed by atoms with Crippen LogP contribution in [0.15, 0.2) is 36.5 Å². The lowest BCUT2D eigenvalue weighted by Gasteiger charge is -2.49. The molecule has 5 rings (SSSR count). The summed E-state index contributed by atoms with van der Waals surface area (Å²) in [5, 5.41) is 11.4. The van der Waals surface area contributed by atoms with Crippen molar-refractivity contribution in [2.24, 2.45) is 0 Å². The molecule has 0 aromatic rings. The predicted molar refractivity (Wildman–Crippen MR) is 177 cm³/mol. The normalized spacial score (nSPS) is 40.8. The summed E-state index contributed by atoms with van der Waals surface area (Å²) in [5.74, 6) is 0. The lowest BCUT2D eigenvalue weighted by molar-refractivity contribution is -0.286. The average Bonchev–Trinajstić information content (AvgIpc) is 3.24. The van der Waals surface area contributed by atoms with Crippen molar-refractivity contribution in [1.29, 1.82) is 0 Å². The maximum Gasteiger partial charge on any atom is 0.193 e. The molecule has 5 heterocycles. The second-order valence-electron chi connectivity index (χ2n) is 16.3. The van der Waals surface area contributed by atoms with Gasteiger partial charge in [0.2, 0.25) is 0 Å². The summed E-state index contributed by atoms with van der Waals surface area (Å²) in [6.07, 6.45) is 11.1. The quantitative estimate of drug-likeness (QED) is 0.284. The first-order valence-corrected chi connectivity index (χ1v) is 22.5. The molecule has 1 N–H and O–H groups in total. The van der Waals surface area contributed by atoms with Gasteiger partial charge in [-0.25, -0.2) is 0 Å². The highest BCUT2D eigenvalue weighted by Gasteiger charge is 2.52. The molecule has 0 aromatic heterocycles. The second-order valence-corrected chi connectivity index (χ2v) is 25.9. The standard InChI is InChI=1S/C34H58O8Si2/c1-33(2,3)43(7,8)37-21-29-25(42-44(9,10)34(4,5)6)16-13-15-22-23(39-29)17-18-24-27(38-22)20-28-32(41-24)30(35)31-26(40-28)14-11-12-19-36-31/h11-13,16-18,22-32,35H,14-15,19-21H2,1-10H3/b16-13-/t22-,23+,24-,25+,26+,27+,28-,29-,30-,31+,32-/m1/s1. The fraction of sp³-hybridized carbons (Fsp3) is 0.824. The third-order valence-corrected chi connectivity index (χ3v) is 20.0. The van der Waals surface area contributed by atoms with Crippen molar-refractivity contribution in [1.82, 2.24) is 0 Å². The molecule has 0 aromatic carbocycles. The van der Waals surface area contributed by atoms with Crippen LogP contribution < -0.4 is 0 Å². The number of aliphatic hydroxyl groups is 1. The smallest absolute Gasteiger partial charge is 0.193 e. The topological polar surface area (TPSA) is 84.8 Å². The Labute approximate surface area is 267 Å². The Morgan fingerprint density at radius 1 is 0.705 bits per heavy atom. The highest BCUT2D eigenvalue weighted by molar-refractivity contribution is 6.74. The summed E-state index contributed by atoms with van der Waals surface area (Å²) in [6.45, 7) is 23.7. The van der Waals surface area contributed by atoms with Gasteiger partial charge in [-0.3, -0.25) is 0 Å². The van der Waals surface area contributed by atoms with E-state index >= 15 is 0 Å². The van der Waals surface area contributed by atoms with E-state index in [4.69, 9.17) is 32.5 Å². The van der Waals surface area contributed by atoms with Crippen molar-refractivity contribution in [3.05, 3.63) is 36.5 Å². The van der Waals surface area contributed by atoms with E-state index in [-0.39, 0.29) is 58.9 Å². The molecule has 0 unspecified atom stereocenters. The van der Waals surface area contributed by atoms with Crippen LogP contribution in [-0.2, 0) is 32.5 Å². The number of ether oxygens (including phenoxy) is 5. The molecule has 5 aliphatic heterocycles.